The van der Waals surface area contributed by atoms with E-state index in [-0.39, 0.29) is 23.4 Å². The number of nitrogens with one attached hydrogen (secondary N) is 1. The first-order chi connectivity index (χ1) is 18.5. The molecule has 10 heteroatoms. The first-order valence-electron chi connectivity index (χ1n) is 12.7. The van der Waals surface area contributed by atoms with Crippen molar-refractivity contribution in [1.82, 2.24) is 10.2 Å². The standard InChI is InChI=1S/C29H34BrN3O5S/c1-5-38-26-17-15-25(16-18-26)33(39(36,37)27-9-7-6-8-10-27)20-28(34)32(22(4)29(35)31-21(2)3)19-23-11-13-24(30)14-12-23/h6-18,21-22H,5,19-20H2,1-4H3,(H,31,35)/t22-/m1/s1. The molecular weight excluding hydrogens is 582 g/mol. The lowest BCUT2D eigenvalue weighted by Gasteiger charge is -2.32. The van der Waals surface area contributed by atoms with Gasteiger partial charge in [0, 0.05) is 17.1 Å². The maximum Gasteiger partial charge on any atom is 0.264 e. The van der Waals surface area contributed by atoms with Crippen LogP contribution in [0.2, 0.25) is 0 Å². The highest BCUT2D eigenvalue weighted by molar-refractivity contribution is 9.10. The quantitative estimate of drug-likeness (QED) is 0.310. The number of nitrogens with zero attached hydrogens (tertiary/aromatic N) is 2. The Morgan fingerprint density at radius 2 is 1.54 bits per heavy atom. The Morgan fingerprint density at radius 3 is 2.10 bits per heavy atom. The molecule has 0 radical (unpaired) electrons. The van der Waals surface area contributed by atoms with Crippen LogP contribution in [0.4, 0.5) is 5.69 Å². The molecule has 0 aromatic heterocycles. The highest BCUT2D eigenvalue weighted by Gasteiger charge is 2.32. The Morgan fingerprint density at radius 1 is 0.923 bits per heavy atom. The fourth-order valence-corrected chi connectivity index (χ4v) is 5.60. The van der Waals surface area contributed by atoms with E-state index in [1.54, 1.807) is 49.4 Å². The summed E-state index contributed by atoms with van der Waals surface area (Å²) in [7, 11) is -4.11. The second kappa shape index (κ2) is 13.6. The van der Waals surface area contributed by atoms with Gasteiger partial charge in [0.15, 0.2) is 0 Å². The SMILES string of the molecule is CCOc1ccc(N(CC(=O)N(Cc2ccc(Br)cc2)[C@H](C)C(=O)NC(C)C)S(=O)(=O)c2ccccc2)cc1. The molecule has 3 rings (SSSR count). The fourth-order valence-electron chi connectivity index (χ4n) is 3.90. The molecule has 0 bridgehead atoms. The van der Waals surface area contributed by atoms with Crippen molar-refractivity contribution in [3.05, 3.63) is 88.9 Å². The molecule has 3 aromatic rings. The number of benzene rings is 3. The van der Waals surface area contributed by atoms with Crippen LogP contribution in [0.3, 0.4) is 0 Å². The first-order valence-corrected chi connectivity index (χ1v) is 14.9. The summed E-state index contributed by atoms with van der Waals surface area (Å²) < 4.78 is 35.0. The Labute approximate surface area is 239 Å². The molecule has 39 heavy (non-hydrogen) atoms. The maximum atomic E-state index is 13.9. The lowest BCUT2D eigenvalue weighted by atomic mass is 10.1. The van der Waals surface area contributed by atoms with E-state index >= 15 is 0 Å². The van der Waals surface area contributed by atoms with Gasteiger partial charge < -0.3 is 15.0 Å². The number of hydrogen-bond acceptors (Lipinski definition) is 5. The van der Waals surface area contributed by atoms with Gasteiger partial charge in [0.2, 0.25) is 11.8 Å². The van der Waals surface area contributed by atoms with Crippen LogP contribution >= 0.6 is 15.9 Å². The number of anilines is 1. The summed E-state index contributed by atoms with van der Waals surface area (Å²) in [4.78, 5) is 28.3. The minimum atomic E-state index is -4.11. The number of carbonyl (C=O) groups excluding carboxylic acids is 2. The van der Waals surface area contributed by atoms with Gasteiger partial charge >= 0.3 is 0 Å². The van der Waals surface area contributed by atoms with Crippen molar-refractivity contribution < 1.29 is 22.7 Å². The number of amides is 2. The summed E-state index contributed by atoms with van der Waals surface area (Å²) in [5.74, 6) is -0.257. The fraction of sp³-hybridized carbons (Fsp3) is 0.310. The highest BCUT2D eigenvalue weighted by Crippen LogP contribution is 2.26. The zero-order valence-electron chi connectivity index (χ0n) is 22.5. The molecule has 208 valence electrons. The largest absolute Gasteiger partial charge is 0.494 e. The van der Waals surface area contributed by atoms with Crippen molar-refractivity contribution in [1.29, 1.82) is 0 Å². The van der Waals surface area contributed by atoms with Crippen molar-refractivity contribution in [3.8, 4) is 5.75 Å². The van der Waals surface area contributed by atoms with Gasteiger partial charge in [0.05, 0.1) is 17.2 Å². The Kier molecular flexibility index (Phi) is 10.5. The Hall–Kier alpha value is -3.37. The molecule has 0 aliphatic rings. The van der Waals surface area contributed by atoms with E-state index in [2.05, 4.69) is 21.2 Å². The van der Waals surface area contributed by atoms with Crippen LogP contribution < -0.4 is 14.4 Å². The molecule has 0 unspecified atom stereocenters. The molecule has 8 nitrogen and oxygen atoms in total. The first kappa shape index (κ1) is 30.2. The van der Waals surface area contributed by atoms with Crippen LogP contribution in [0, 0.1) is 0 Å². The molecule has 1 atom stereocenters. The van der Waals surface area contributed by atoms with Crippen LogP contribution in [0.25, 0.3) is 0 Å². The highest BCUT2D eigenvalue weighted by atomic mass is 79.9. The van der Waals surface area contributed by atoms with Gasteiger partial charge in [-0.25, -0.2) is 8.42 Å². The summed E-state index contributed by atoms with van der Waals surface area (Å²) >= 11 is 3.41. The number of rotatable bonds is 12. The van der Waals surface area contributed by atoms with Gasteiger partial charge in [-0.2, -0.15) is 0 Å². The molecule has 0 heterocycles. The van der Waals surface area contributed by atoms with Crippen LogP contribution in [0.15, 0.2) is 88.2 Å². The van der Waals surface area contributed by atoms with E-state index < -0.39 is 28.5 Å². The summed E-state index contributed by atoms with van der Waals surface area (Å²) in [5.41, 5.74) is 1.10. The second-order valence-corrected chi connectivity index (χ2v) is 12.0. The van der Waals surface area contributed by atoms with Crippen LogP contribution in [0.1, 0.15) is 33.3 Å². The molecule has 0 spiro atoms. The molecular formula is C29H34BrN3O5S. The lowest BCUT2D eigenvalue weighted by molar-refractivity contribution is -0.139. The molecule has 0 saturated carbocycles. The minimum Gasteiger partial charge on any atom is -0.494 e. The molecule has 3 aromatic carbocycles. The molecule has 0 saturated heterocycles. The van der Waals surface area contributed by atoms with E-state index in [9.17, 15) is 18.0 Å². The summed E-state index contributed by atoms with van der Waals surface area (Å²) in [6.07, 6.45) is 0. The average molecular weight is 617 g/mol. The minimum absolute atomic E-state index is 0.0525. The number of carbonyl (C=O) groups is 2. The van der Waals surface area contributed by atoms with Gasteiger partial charge in [-0.15, -0.1) is 0 Å². The zero-order chi connectivity index (χ0) is 28.6. The summed E-state index contributed by atoms with van der Waals surface area (Å²) in [6, 6.07) is 20.9. The lowest BCUT2D eigenvalue weighted by Crippen LogP contribution is -2.52. The van der Waals surface area contributed by atoms with Gasteiger partial charge in [-0.1, -0.05) is 46.3 Å². The van der Waals surface area contributed by atoms with Gasteiger partial charge in [-0.3, -0.25) is 13.9 Å². The Balaban J connectivity index is 2.01. The van der Waals surface area contributed by atoms with Gasteiger partial charge in [-0.05, 0) is 81.8 Å². The third kappa shape index (κ3) is 8.06. The number of ether oxygens (including phenoxy) is 1. The zero-order valence-corrected chi connectivity index (χ0v) is 24.9. The van der Waals surface area contributed by atoms with Crippen LogP contribution in [0.5, 0.6) is 5.75 Å². The predicted molar refractivity (Wildman–Crippen MR) is 156 cm³/mol. The molecule has 2 amide bonds. The van der Waals surface area contributed by atoms with Crippen LogP contribution in [-0.2, 0) is 26.2 Å². The van der Waals surface area contributed by atoms with E-state index in [1.165, 1.54) is 17.0 Å². The molecule has 0 aliphatic heterocycles. The van der Waals surface area contributed by atoms with Crippen molar-refractivity contribution in [2.75, 3.05) is 17.5 Å². The van der Waals surface area contributed by atoms with E-state index in [4.69, 9.17) is 4.74 Å². The van der Waals surface area contributed by atoms with Gasteiger partial charge in [0.25, 0.3) is 10.0 Å². The molecule has 1 N–H and O–H groups in total. The summed E-state index contributed by atoms with van der Waals surface area (Å²) in [5, 5.41) is 2.85. The second-order valence-electron chi connectivity index (χ2n) is 9.24. The van der Waals surface area contributed by atoms with Crippen LogP contribution in [-0.4, -0.2) is 50.4 Å². The van der Waals surface area contributed by atoms with E-state index in [0.29, 0.717) is 18.0 Å². The monoisotopic (exact) mass is 615 g/mol. The third-order valence-electron chi connectivity index (χ3n) is 5.91. The van der Waals surface area contributed by atoms with E-state index in [1.807, 2.05) is 45.0 Å². The molecule has 0 fully saturated rings. The third-order valence-corrected chi connectivity index (χ3v) is 8.23. The number of halogens is 1. The van der Waals surface area contributed by atoms with Crippen molar-refractivity contribution in [2.45, 2.75) is 51.2 Å². The topological polar surface area (TPSA) is 96.0 Å². The normalized spacial score (nSPS) is 12.1. The van der Waals surface area contributed by atoms with Crippen molar-refractivity contribution in [3.63, 3.8) is 0 Å². The van der Waals surface area contributed by atoms with Crippen molar-refractivity contribution in [2.24, 2.45) is 0 Å². The number of sulfonamides is 1. The van der Waals surface area contributed by atoms with Crippen molar-refractivity contribution >= 4 is 43.5 Å². The van der Waals surface area contributed by atoms with E-state index in [0.717, 1.165) is 14.3 Å². The smallest absolute Gasteiger partial charge is 0.264 e. The predicted octanol–water partition coefficient (Wildman–Crippen LogP) is 4.99. The van der Waals surface area contributed by atoms with Gasteiger partial charge in [0.1, 0.15) is 18.3 Å². The maximum absolute atomic E-state index is 13.9. The molecule has 0 aliphatic carbocycles. The Bertz CT molecular complexity index is 1350. The summed E-state index contributed by atoms with van der Waals surface area (Å²) in [6.45, 7) is 7.27. The number of hydrogen-bond donors (Lipinski definition) is 1. The average Bonchev–Trinajstić information content (AvgIpc) is 2.91.